The molecule has 2 heterocycles. The zero-order chi connectivity index (χ0) is 13.4. The van der Waals surface area contributed by atoms with E-state index in [4.69, 9.17) is 10.5 Å². The van der Waals surface area contributed by atoms with E-state index < -0.39 is 0 Å². The molecule has 0 spiro atoms. The van der Waals surface area contributed by atoms with Crippen LogP contribution in [0.15, 0.2) is 24.3 Å². The summed E-state index contributed by atoms with van der Waals surface area (Å²) in [6.45, 7) is 0. The molecule has 0 aliphatic carbocycles. The summed E-state index contributed by atoms with van der Waals surface area (Å²) in [5.41, 5.74) is 7.74. The summed E-state index contributed by atoms with van der Waals surface area (Å²) in [4.78, 5) is 2.57. The zero-order valence-electron chi connectivity index (χ0n) is 11.9. The van der Waals surface area contributed by atoms with Crippen molar-refractivity contribution in [2.45, 2.75) is 43.8 Å². The molecule has 0 amide bonds. The molecule has 0 aromatic heterocycles. The van der Waals surface area contributed by atoms with Crippen molar-refractivity contribution in [3.8, 4) is 5.75 Å². The van der Waals surface area contributed by atoms with Crippen LogP contribution in [0.4, 0.5) is 0 Å². The molecule has 2 N–H and O–H groups in total. The third-order valence-electron chi connectivity index (χ3n) is 5.14. The number of nitrogens with zero attached hydrogens (tertiary/aromatic N) is 1. The molecule has 2 aliphatic rings. The van der Waals surface area contributed by atoms with Gasteiger partial charge in [-0.25, -0.2) is 0 Å². The maximum absolute atomic E-state index is 6.50. The lowest BCUT2D eigenvalue weighted by molar-refractivity contribution is 0.121. The smallest absolute Gasteiger partial charge is 0.118 e. The van der Waals surface area contributed by atoms with Gasteiger partial charge in [-0.1, -0.05) is 12.1 Å². The first kappa shape index (κ1) is 12.9. The minimum Gasteiger partial charge on any atom is -0.497 e. The van der Waals surface area contributed by atoms with Crippen LogP contribution in [0, 0.1) is 5.92 Å². The van der Waals surface area contributed by atoms with Crippen molar-refractivity contribution >= 4 is 0 Å². The molecule has 1 aromatic carbocycles. The summed E-state index contributed by atoms with van der Waals surface area (Å²) < 4.78 is 5.21. The summed E-state index contributed by atoms with van der Waals surface area (Å²) in [5.74, 6) is 1.53. The topological polar surface area (TPSA) is 38.5 Å². The number of ether oxygens (including phenoxy) is 1. The molecule has 3 nitrogen and oxygen atoms in total. The van der Waals surface area contributed by atoms with Gasteiger partial charge in [0.15, 0.2) is 0 Å². The molecule has 3 heteroatoms. The Hall–Kier alpha value is -1.06. The third-order valence-corrected chi connectivity index (χ3v) is 5.14. The van der Waals surface area contributed by atoms with E-state index in [0.717, 1.165) is 17.8 Å². The molecule has 104 valence electrons. The van der Waals surface area contributed by atoms with Crippen LogP contribution in [-0.4, -0.2) is 31.1 Å². The van der Waals surface area contributed by atoms with Crippen LogP contribution >= 0.6 is 0 Å². The van der Waals surface area contributed by atoms with Crippen molar-refractivity contribution in [2.75, 3.05) is 14.2 Å². The Morgan fingerprint density at radius 2 is 1.74 bits per heavy atom. The van der Waals surface area contributed by atoms with Gasteiger partial charge in [-0.15, -0.1) is 0 Å². The Morgan fingerprint density at radius 3 is 2.26 bits per heavy atom. The molecule has 19 heavy (non-hydrogen) atoms. The van der Waals surface area contributed by atoms with Gasteiger partial charge < -0.3 is 15.4 Å². The van der Waals surface area contributed by atoms with E-state index in [-0.39, 0.29) is 6.04 Å². The number of hydrogen-bond donors (Lipinski definition) is 1. The standard InChI is InChI=1S/C16H24N2O/c1-18-13-5-6-14(18)10-12(9-13)16(17)11-3-7-15(19-2)8-4-11/h3-4,7-8,12-14,16H,5-6,9-10,17H2,1-2H3. The van der Waals surface area contributed by atoms with E-state index in [1.807, 2.05) is 12.1 Å². The van der Waals surface area contributed by atoms with E-state index in [1.165, 1.54) is 31.2 Å². The second-order valence-electron chi connectivity index (χ2n) is 6.08. The van der Waals surface area contributed by atoms with E-state index in [2.05, 4.69) is 24.1 Å². The van der Waals surface area contributed by atoms with Crippen LogP contribution in [0.5, 0.6) is 5.75 Å². The van der Waals surface area contributed by atoms with Gasteiger partial charge in [0.05, 0.1) is 7.11 Å². The van der Waals surface area contributed by atoms with Crippen LogP contribution in [0.1, 0.15) is 37.3 Å². The minimum atomic E-state index is 0.169. The summed E-state index contributed by atoms with van der Waals surface area (Å²) in [7, 11) is 3.97. The first-order valence-corrected chi connectivity index (χ1v) is 7.30. The maximum Gasteiger partial charge on any atom is 0.118 e. The molecule has 1 aromatic rings. The minimum absolute atomic E-state index is 0.169. The highest BCUT2D eigenvalue weighted by atomic mass is 16.5. The van der Waals surface area contributed by atoms with Gasteiger partial charge in [0.25, 0.3) is 0 Å². The number of benzene rings is 1. The van der Waals surface area contributed by atoms with Gasteiger partial charge in [0, 0.05) is 18.1 Å². The molecular weight excluding hydrogens is 236 g/mol. The average molecular weight is 260 g/mol. The number of rotatable bonds is 3. The molecular formula is C16H24N2O. The SMILES string of the molecule is COc1ccc(C(N)C2CC3CCC(C2)N3C)cc1. The Kier molecular flexibility index (Phi) is 3.50. The van der Waals surface area contributed by atoms with E-state index in [1.54, 1.807) is 7.11 Å². The highest BCUT2D eigenvalue weighted by Gasteiger charge is 2.40. The van der Waals surface area contributed by atoms with Gasteiger partial charge in [0.1, 0.15) is 5.75 Å². The molecule has 0 saturated carbocycles. The third kappa shape index (κ3) is 2.37. The fraction of sp³-hybridized carbons (Fsp3) is 0.625. The molecule has 3 rings (SSSR count). The van der Waals surface area contributed by atoms with Crippen molar-refractivity contribution in [3.63, 3.8) is 0 Å². The molecule has 2 saturated heterocycles. The molecule has 2 bridgehead atoms. The van der Waals surface area contributed by atoms with Gasteiger partial charge in [-0.05, 0) is 56.3 Å². The Labute approximate surface area is 115 Å². The second-order valence-corrected chi connectivity index (χ2v) is 6.08. The first-order chi connectivity index (χ1) is 9.19. The van der Waals surface area contributed by atoms with E-state index in [0.29, 0.717) is 5.92 Å². The van der Waals surface area contributed by atoms with Gasteiger partial charge in [-0.2, -0.15) is 0 Å². The van der Waals surface area contributed by atoms with Crippen LogP contribution in [0.3, 0.4) is 0 Å². The predicted octanol–water partition coefficient (Wildman–Crippen LogP) is 2.57. The van der Waals surface area contributed by atoms with Gasteiger partial charge in [0.2, 0.25) is 0 Å². The zero-order valence-corrected chi connectivity index (χ0v) is 11.9. The Bertz CT molecular complexity index is 417. The largest absolute Gasteiger partial charge is 0.497 e. The monoisotopic (exact) mass is 260 g/mol. The van der Waals surface area contributed by atoms with E-state index >= 15 is 0 Å². The van der Waals surface area contributed by atoms with Crippen molar-refractivity contribution in [1.29, 1.82) is 0 Å². The second kappa shape index (κ2) is 5.14. The van der Waals surface area contributed by atoms with Crippen LogP contribution in [-0.2, 0) is 0 Å². The van der Waals surface area contributed by atoms with Gasteiger partial charge >= 0.3 is 0 Å². The maximum atomic E-state index is 6.50. The number of fused-ring (bicyclic) bond motifs is 2. The lowest BCUT2D eigenvalue weighted by atomic mass is 9.82. The lowest BCUT2D eigenvalue weighted by Crippen LogP contribution is -2.42. The molecule has 2 fully saturated rings. The fourth-order valence-electron chi connectivity index (χ4n) is 3.85. The van der Waals surface area contributed by atoms with Crippen LogP contribution in [0.25, 0.3) is 0 Å². The number of hydrogen-bond acceptors (Lipinski definition) is 3. The molecule has 2 aliphatic heterocycles. The number of methoxy groups -OCH3 is 1. The number of nitrogens with two attached hydrogens (primary N) is 1. The normalized spacial score (nSPS) is 32.3. The predicted molar refractivity (Wildman–Crippen MR) is 77.2 cm³/mol. The first-order valence-electron chi connectivity index (χ1n) is 7.30. The highest BCUT2D eigenvalue weighted by Crippen LogP contribution is 2.41. The van der Waals surface area contributed by atoms with Crippen molar-refractivity contribution < 1.29 is 4.74 Å². The fourth-order valence-corrected chi connectivity index (χ4v) is 3.85. The molecule has 0 radical (unpaired) electrons. The Morgan fingerprint density at radius 1 is 1.16 bits per heavy atom. The quantitative estimate of drug-likeness (QED) is 0.907. The summed E-state index contributed by atoms with van der Waals surface area (Å²) in [5, 5.41) is 0. The van der Waals surface area contributed by atoms with Gasteiger partial charge in [-0.3, -0.25) is 0 Å². The van der Waals surface area contributed by atoms with E-state index in [9.17, 15) is 0 Å². The highest BCUT2D eigenvalue weighted by molar-refractivity contribution is 5.29. The van der Waals surface area contributed by atoms with Crippen molar-refractivity contribution in [3.05, 3.63) is 29.8 Å². The van der Waals surface area contributed by atoms with Crippen molar-refractivity contribution in [2.24, 2.45) is 11.7 Å². The lowest BCUT2D eigenvalue weighted by Gasteiger charge is -2.38. The van der Waals surface area contributed by atoms with Crippen LogP contribution in [0.2, 0.25) is 0 Å². The average Bonchev–Trinajstić information content (AvgIpc) is 2.68. The summed E-state index contributed by atoms with van der Waals surface area (Å²) >= 11 is 0. The summed E-state index contributed by atoms with van der Waals surface area (Å²) in [6, 6.07) is 9.94. The summed E-state index contributed by atoms with van der Waals surface area (Å²) in [6.07, 6.45) is 5.21. The number of piperidine rings is 1. The molecule has 3 atom stereocenters. The van der Waals surface area contributed by atoms with Crippen molar-refractivity contribution in [1.82, 2.24) is 4.90 Å². The van der Waals surface area contributed by atoms with Crippen LogP contribution < -0.4 is 10.5 Å². The molecule has 3 unspecified atom stereocenters. The Balaban J connectivity index is 1.71.